The summed E-state index contributed by atoms with van der Waals surface area (Å²) in [5.74, 6) is 0. The molecule has 1 atom stereocenters. The van der Waals surface area contributed by atoms with Gasteiger partial charge in [-0.15, -0.1) is 0 Å². The van der Waals surface area contributed by atoms with Crippen LogP contribution in [-0.4, -0.2) is 21.8 Å². The second-order valence-corrected chi connectivity index (χ2v) is 5.12. The molecule has 0 aromatic carbocycles. The lowest BCUT2D eigenvalue weighted by molar-refractivity contribution is 0.531. The third-order valence-electron chi connectivity index (χ3n) is 3.45. The van der Waals surface area contributed by atoms with Crippen molar-refractivity contribution in [3.63, 3.8) is 0 Å². The van der Waals surface area contributed by atoms with Gasteiger partial charge in [0, 0.05) is 24.9 Å². The molecule has 0 amide bonds. The van der Waals surface area contributed by atoms with Crippen molar-refractivity contribution >= 4 is 11.6 Å². The van der Waals surface area contributed by atoms with Gasteiger partial charge in [0.2, 0.25) is 0 Å². The highest BCUT2D eigenvalue weighted by molar-refractivity contribution is 6.31. The van der Waals surface area contributed by atoms with Crippen LogP contribution >= 0.6 is 11.6 Å². The molecule has 0 aliphatic heterocycles. The van der Waals surface area contributed by atoms with Crippen LogP contribution in [0.5, 0.6) is 0 Å². The van der Waals surface area contributed by atoms with Crippen LogP contribution in [0, 0.1) is 0 Å². The molecule has 0 radical (unpaired) electrons. The zero-order chi connectivity index (χ0) is 14.5. The van der Waals surface area contributed by atoms with E-state index in [1.807, 2.05) is 19.2 Å². The summed E-state index contributed by atoms with van der Waals surface area (Å²) in [6.45, 7) is 5.11. The zero-order valence-electron chi connectivity index (χ0n) is 12.2. The number of halogens is 1. The van der Waals surface area contributed by atoms with E-state index in [0.29, 0.717) is 5.02 Å². The van der Waals surface area contributed by atoms with E-state index >= 15 is 0 Å². The Balaban J connectivity index is 2.26. The number of aryl methyl sites for hydroxylation is 2. The van der Waals surface area contributed by atoms with Gasteiger partial charge in [0.25, 0.3) is 0 Å². The molecule has 2 rings (SSSR count). The largest absolute Gasteiger partial charge is 0.311 e. The maximum absolute atomic E-state index is 6.25. The van der Waals surface area contributed by atoms with E-state index in [1.54, 1.807) is 6.20 Å². The highest BCUT2D eigenvalue weighted by Crippen LogP contribution is 2.23. The van der Waals surface area contributed by atoms with E-state index in [-0.39, 0.29) is 6.04 Å². The number of nitrogens with zero attached hydrogens (tertiary/aromatic N) is 3. The quantitative estimate of drug-likeness (QED) is 0.890. The van der Waals surface area contributed by atoms with Crippen molar-refractivity contribution in [3.05, 3.63) is 46.5 Å². The normalized spacial score (nSPS) is 12.6. The molecular weight excluding hydrogens is 272 g/mol. The molecule has 2 heterocycles. The summed E-state index contributed by atoms with van der Waals surface area (Å²) in [5, 5.41) is 8.58. The Morgan fingerprint density at radius 2 is 2.20 bits per heavy atom. The maximum Gasteiger partial charge on any atom is 0.0762 e. The van der Waals surface area contributed by atoms with Crippen molar-refractivity contribution in [1.82, 2.24) is 20.1 Å². The van der Waals surface area contributed by atoms with Crippen molar-refractivity contribution in [1.29, 1.82) is 0 Å². The van der Waals surface area contributed by atoms with Crippen LogP contribution in [0.25, 0.3) is 0 Å². The third kappa shape index (κ3) is 3.19. The van der Waals surface area contributed by atoms with Crippen LogP contribution in [0.2, 0.25) is 5.02 Å². The summed E-state index contributed by atoms with van der Waals surface area (Å²) < 4.78 is 2.06. The number of rotatable bonds is 6. The van der Waals surface area contributed by atoms with Gasteiger partial charge in [0.15, 0.2) is 0 Å². The molecule has 0 aliphatic carbocycles. The predicted molar refractivity (Wildman–Crippen MR) is 82.0 cm³/mol. The number of hydrogen-bond acceptors (Lipinski definition) is 3. The van der Waals surface area contributed by atoms with Crippen LogP contribution in [-0.2, 0) is 19.4 Å². The molecule has 4 nitrogen and oxygen atoms in total. The van der Waals surface area contributed by atoms with Crippen molar-refractivity contribution < 1.29 is 0 Å². The Labute approximate surface area is 125 Å². The molecule has 5 heteroatoms. The standard InChI is InChI=1S/C15H21ClN4/c1-4-11-9-12(20(5-2)19-11)10-14(17-3)15-13(16)7-6-8-18-15/h6-9,14,17H,4-5,10H2,1-3H3. The average Bonchev–Trinajstić information content (AvgIpc) is 2.88. The fourth-order valence-corrected chi connectivity index (χ4v) is 2.58. The van der Waals surface area contributed by atoms with Crippen LogP contribution in [0.1, 0.15) is 37.0 Å². The third-order valence-corrected chi connectivity index (χ3v) is 3.77. The summed E-state index contributed by atoms with van der Waals surface area (Å²) in [4.78, 5) is 4.40. The average molecular weight is 293 g/mol. The molecule has 0 saturated carbocycles. The van der Waals surface area contributed by atoms with E-state index < -0.39 is 0 Å². The lowest BCUT2D eigenvalue weighted by atomic mass is 10.1. The number of hydrogen-bond donors (Lipinski definition) is 1. The summed E-state index contributed by atoms with van der Waals surface area (Å²) in [6, 6.07) is 5.99. The minimum Gasteiger partial charge on any atom is -0.311 e. The fourth-order valence-electron chi connectivity index (χ4n) is 2.32. The molecule has 0 bridgehead atoms. The molecule has 0 saturated heterocycles. The smallest absolute Gasteiger partial charge is 0.0762 e. The zero-order valence-corrected chi connectivity index (χ0v) is 13.0. The monoisotopic (exact) mass is 292 g/mol. The molecule has 0 spiro atoms. The van der Waals surface area contributed by atoms with Crippen molar-refractivity contribution in [2.45, 2.75) is 39.3 Å². The van der Waals surface area contributed by atoms with Crippen molar-refractivity contribution in [2.75, 3.05) is 7.05 Å². The molecule has 2 aromatic rings. The summed E-state index contributed by atoms with van der Waals surface area (Å²) >= 11 is 6.25. The minimum absolute atomic E-state index is 0.0930. The highest BCUT2D eigenvalue weighted by atomic mass is 35.5. The van der Waals surface area contributed by atoms with E-state index in [0.717, 1.165) is 30.8 Å². The number of pyridine rings is 1. The molecular formula is C15H21ClN4. The lowest BCUT2D eigenvalue weighted by Crippen LogP contribution is -2.22. The van der Waals surface area contributed by atoms with Crippen molar-refractivity contribution in [2.24, 2.45) is 0 Å². The van der Waals surface area contributed by atoms with Gasteiger partial charge in [-0.05, 0) is 38.6 Å². The molecule has 108 valence electrons. The SMILES string of the molecule is CCc1cc(CC(NC)c2ncccc2Cl)n(CC)n1. The predicted octanol–water partition coefficient (Wildman–Crippen LogP) is 3.02. The highest BCUT2D eigenvalue weighted by Gasteiger charge is 2.17. The Hall–Kier alpha value is -1.39. The van der Waals surface area contributed by atoms with Crippen LogP contribution in [0.3, 0.4) is 0 Å². The molecule has 2 aromatic heterocycles. The first-order valence-corrected chi connectivity index (χ1v) is 7.40. The van der Waals surface area contributed by atoms with E-state index in [1.165, 1.54) is 5.69 Å². The minimum atomic E-state index is 0.0930. The topological polar surface area (TPSA) is 42.7 Å². The van der Waals surface area contributed by atoms with Crippen LogP contribution in [0.15, 0.2) is 24.4 Å². The molecule has 1 N–H and O–H groups in total. The van der Waals surface area contributed by atoms with Crippen molar-refractivity contribution in [3.8, 4) is 0 Å². The number of likely N-dealkylation sites (N-methyl/N-ethyl adjacent to an activating group) is 1. The first-order chi connectivity index (χ1) is 9.69. The van der Waals surface area contributed by atoms with Gasteiger partial charge in [-0.3, -0.25) is 9.67 Å². The van der Waals surface area contributed by atoms with E-state index in [2.05, 4.69) is 40.0 Å². The number of nitrogens with one attached hydrogen (secondary N) is 1. The number of aromatic nitrogens is 3. The molecule has 0 fully saturated rings. The summed E-state index contributed by atoms with van der Waals surface area (Å²) in [6.07, 6.45) is 3.56. The van der Waals surface area contributed by atoms with Gasteiger partial charge in [-0.25, -0.2) is 0 Å². The van der Waals surface area contributed by atoms with Gasteiger partial charge in [0.1, 0.15) is 0 Å². The Bertz CT molecular complexity index is 565. The van der Waals surface area contributed by atoms with E-state index in [9.17, 15) is 0 Å². The van der Waals surface area contributed by atoms with Gasteiger partial charge >= 0.3 is 0 Å². The summed E-state index contributed by atoms with van der Waals surface area (Å²) in [7, 11) is 1.93. The Morgan fingerprint density at radius 3 is 2.80 bits per heavy atom. The van der Waals surface area contributed by atoms with Gasteiger partial charge < -0.3 is 5.32 Å². The molecule has 0 aliphatic rings. The van der Waals surface area contributed by atoms with Crippen LogP contribution < -0.4 is 5.32 Å². The van der Waals surface area contributed by atoms with Gasteiger partial charge in [-0.1, -0.05) is 18.5 Å². The van der Waals surface area contributed by atoms with Crippen LogP contribution in [0.4, 0.5) is 0 Å². The molecule has 20 heavy (non-hydrogen) atoms. The maximum atomic E-state index is 6.25. The van der Waals surface area contributed by atoms with Gasteiger partial charge in [0.05, 0.1) is 22.5 Å². The second-order valence-electron chi connectivity index (χ2n) is 4.71. The van der Waals surface area contributed by atoms with E-state index in [4.69, 9.17) is 11.6 Å². The Kier molecular flexibility index (Phi) is 5.15. The lowest BCUT2D eigenvalue weighted by Gasteiger charge is -2.17. The first-order valence-electron chi connectivity index (χ1n) is 7.02. The second kappa shape index (κ2) is 6.86. The fraction of sp³-hybridized carbons (Fsp3) is 0.467. The Morgan fingerprint density at radius 1 is 1.40 bits per heavy atom. The first kappa shape index (κ1) is 15.0. The van der Waals surface area contributed by atoms with Gasteiger partial charge in [-0.2, -0.15) is 5.10 Å². The summed E-state index contributed by atoms with van der Waals surface area (Å²) in [5.41, 5.74) is 3.23. The molecule has 1 unspecified atom stereocenters.